The monoisotopic (exact) mass is 264 g/mol. The highest BCUT2D eigenvalue weighted by molar-refractivity contribution is 4.91. The molecule has 3 rings (SSSR count). The number of likely N-dealkylation sites (tertiary alicyclic amines) is 1. The molecule has 110 valence electrons. The molecule has 2 heteroatoms. The third-order valence-corrected chi connectivity index (χ3v) is 6.20. The van der Waals surface area contributed by atoms with Crippen LogP contribution < -0.4 is 5.32 Å². The molecular weight excluding hydrogens is 232 g/mol. The Bertz CT molecular complexity index is 273. The van der Waals surface area contributed by atoms with Gasteiger partial charge in [0.25, 0.3) is 0 Å². The average Bonchev–Trinajstić information content (AvgIpc) is 3.04. The van der Waals surface area contributed by atoms with E-state index in [0.717, 1.165) is 23.9 Å². The Labute approximate surface area is 119 Å². The maximum absolute atomic E-state index is 3.71. The van der Waals surface area contributed by atoms with Gasteiger partial charge < -0.3 is 10.2 Å². The van der Waals surface area contributed by atoms with Crippen molar-refractivity contribution in [3.05, 3.63) is 0 Å². The molecule has 0 aromatic carbocycles. The summed E-state index contributed by atoms with van der Waals surface area (Å²) in [5, 5.41) is 3.71. The predicted molar refractivity (Wildman–Crippen MR) is 81.4 cm³/mol. The summed E-state index contributed by atoms with van der Waals surface area (Å²) in [5.74, 6) is 0.928. The van der Waals surface area contributed by atoms with Gasteiger partial charge in [-0.3, -0.25) is 0 Å². The first kappa shape index (κ1) is 13.9. The lowest BCUT2D eigenvalue weighted by atomic mass is 9.77. The van der Waals surface area contributed by atoms with Gasteiger partial charge in [0, 0.05) is 12.6 Å². The molecule has 2 aliphatic carbocycles. The van der Waals surface area contributed by atoms with Crippen LogP contribution >= 0.6 is 0 Å². The van der Waals surface area contributed by atoms with Crippen molar-refractivity contribution in [3.8, 4) is 0 Å². The van der Waals surface area contributed by atoms with Gasteiger partial charge in [0.15, 0.2) is 0 Å². The molecule has 1 N–H and O–H groups in total. The molecule has 3 aliphatic rings. The largest absolute Gasteiger partial charge is 0.314 e. The molecule has 0 amide bonds. The molecule has 1 spiro atoms. The van der Waals surface area contributed by atoms with E-state index in [9.17, 15) is 0 Å². The van der Waals surface area contributed by atoms with Crippen molar-refractivity contribution < 1.29 is 0 Å². The van der Waals surface area contributed by atoms with Crippen LogP contribution in [-0.4, -0.2) is 37.1 Å². The molecule has 2 nitrogen and oxygen atoms in total. The fourth-order valence-electron chi connectivity index (χ4n) is 4.95. The molecular formula is C17H32N2. The van der Waals surface area contributed by atoms with Gasteiger partial charge in [0.2, 0.25) is 0 Å². The molecule has 1 saturated heterocycles. The molecule has 1 aliphatic heterocycles. The minimum absolute atomic E-state index is 0.785. The zero-order valence-corrected chi connectivity index (χ0v) is 12.8. The van der Waals surface area contributed by atoms with E-state index in [4.69, 9.17) is 0 Å². The predicted octanol–water partition coefficient (Wildman–Crippen LogP) is 3.42. The van der Waals surface area contributed by atoms with Crippen LogP contribution in [0.25, 0.3) is 0 Å². The van der Waals surface area contributed by atoms with Crippen molar-refractivity contribution in [1.29, 1.82) is 0 Å². The van der Waals surface area contributed by atoms with Gasteiger partial charge in [-0.25, -0.2) is 0 Å². The van der Waals surface area contributed by atoms with Crippen molar-refractivity contribution in [3.63, 3.8) is 0 Å². The zero-order chi connectivity index (χ0) is 13.1. The van der Waals surface area contributed by atoms with Gasteiger partial charge in [0.1, 0.15) is 0 Å². The summed E-state index contributed by atoms with van der Waals surface area (Å²) in [5.41, 5.74) is 0.785. The molecule has 0 bridgehead atoms. The summed E-state index contributed by atoms with van der Waals surface area (Å²) >= 11 is 0. The molecule has 2 unspecified atom stereocenters. The Hall–Kier alpha value is -0.0800. The summed E-state index contributed by atoms with van der Waals surface area (Å²) in [7, 11) is 0. The van der Waals surface area contributed by atoms with Crippen LogP contribution in [0.4, 0.5) is 0 Å². The smallest absolute Gasteiger partial charge is 0.0107 e. The molecule has 2 atom stereocenters. The van der Waals surface area contributed by atoms with Crippen LogP contribution in [0.1, 0.15) is 64.7 Å². The fourth-order valence-corrected chi connectivity index (χ4v) is 4.95. The normalized spacial score (nSPS) is 35.2. The Kier molecular flexibility index (Phi) is 4.48. The number of hydrogen-bond donors (Lipinski definition) is 1. The molecule has 1 heterocycles. The van der Waals surface area contributed by atoms with Crippen molar-refractivity contribution in [2.45, 2.75) is 70.8 Å². The number of piperidine rings is 1. The van der Waals surface area contributed by atoms with Crippen molar-refractivity contribution in [1.82, 2.24) is 10.2 Å². The SMILES string of the molecule is CCNC1CCCC1CN1CCC2(CCCC2)CC1. The first-order valence-corrected chi connectivity index (χ1v) is 8.77. The molecule has 2 saturated carbocycles. The maximum atomic E-state index is 3.71. The van der Waals surface area contributed by atoms with Gasteiger partial charge in [-0.1, -0.05) is 26.2 Å². The summed E-state index contributed by atoms with van der Waals surface area (Å²) in [6.07, 6.45) is 13.4. The van der Waals surface area contributed by atoms with Crippen LogP contribution in [-0.2, 0) is 0 Å². The van der Waals surface area contributed by atoms with Gasteiger partial charge in [-0.15, -0.1) is 0 Å². The van der Waals surface area contributed by atoms with Crippen molar-refractivity contribution in [2.75, 3.05) is 26.2 Å². The van der Waals surface area contributed by atoms with Crippen LogP contribution in [0.15, 0.2) is 0 Å². The second-order valence-corrected chi connectivity index (χ2v) is 7.36. The zero-order valence-electron chi connectivity index (χ0n) is 12.8. The van der Waals surface area contributed by atoms with Gasteiger partial charge in [0.05, 0.1) is 0 Å². The van der Waals surface area contributed by atoms with E-state index in [1.165, 1.54) is 77.4 Å². The van der Waals surface area contributed by atoms with E-state index in [2.05, 4.69) is 17.1 Å². The summed E-state index contributed by atoms with van der Waals surface area (Å²) in [6, 6.07) is 0.812. The molecule has 3 fully saturated rings. The minimum atomic E-state index is 0.785. The quantitative estimate of drug-likeness (QED) is 0.837. The van der Waals surface area contributed by atoms with E-state index in [0.29, 0.717) is 0 Å². The number of nitrogens with one attached hydrogen (secondary N) is 1. The second-order valence-electron chi connectivity index (χ2n) is 7.36. The second kappa shape index (κ2) is 6.13. The first-order valence-electron chi connectivity index (χ1n) is 8.77. The Morgan fingerprint density at radius 1 is 1.00 bits per heavy atom. The third kappa shape index (κ3) is 3.16. The van der Waals surface area contributed by atoms with E-state index >= 15 is 0 Å². The van der Waals surface area contributed by atoms with Gasteiger partial charge >= 0.3 is 0 Å². The third-order valence-electron chi connectivity index (χ3n) is 6.20. The van der Waals surface area contributed by atoms with E-state index < -0.39 is 0 Å². The number of nitrogens with zero attached hydrogens (tertiary/aromatic N) is 1. The summed E-state index contributed by atoms with van der Waals surface area (Å²) in [4.78, 5) is 2.78. The highest BCUT2D eigenvalue weighted by atomic mass is 15.1. The average molecular weight is 264 g/mol. The van der Waals surface area contributed by atoms with Crippen LogP contribution in [0, 0.1) is 11.3 Å². The lowest BCUT2D eigenvalue weighted by Gasteiger charge is -2.41. The Morgan fingerprint density at radius 3 is 2.42 bits per heavy atom. The molecule has 0 aromatic rings. The first-order chi connectivity index (χ1) is 9.31. The van der Waals surface area contributed by atoms with Gasteiger partial charge in [-0.05, 0) is 69.5 Å². The summed E-state index contributed by atoms with van der Waals surface area (Å²) in [6.45, 7) is 7.53. The fraction of sp³-hybridized carbons (Fsp3) is 1.00. The lowest BCUT2D eigenvalue weighted by molar-refractivity contribution is 0.0926. The Balaban J connectivity index is 1.46. The summed E-state index contributed by atoms with van der Waals surface area (Å²) < 4.78 is 0. The van der Waals surface area contributed by atoms with E-state index in [-0.39, 0.29) is 0 Å². The molecule has 0 radical (unpaired) electrons. The topological polar surface area (TPSA) is 15.3 Å². The maximum Gasteiger partial charge on any atom is 0.0107 e. The van der Waals surface area contributed by atoms with E-state index in [1.54, 1.807) is 0 Å². The molecule has 0 aromatic heterocycles. The number of hydrogen-bond acceptors (Lipinski definition) is 2. The molecule has 19 heavy (non-hydrogen) atoms. The van der Waals surface area contributed by atoms with E-state index in [1.807, 2.05) is 0 Å². The van der Waals surface area contributed by atoms with Crippen LogP contribution in [0.3, 0.4) is 0 Å². The Morgan fingerprint density at radius 2 is 1.74 bits per heavy atom. The highest BCUT2D eigenvalue weighted by Crippen LogP contribution is 2.46. The van der Waals surface area contributed by atoms with Crippen molar-refractivity contribution >= 4 is 0 Å². The van der Waals surface area contributed by atoms with Crippen LogP contribution in [0.5, 0.6) is 0 Å². The standard InChI is InChI=1S/C17H32N2/c1-2-18-16-7-5-6-15(16)14-19-12-10-17(11-13-19)8-3-4-9-17/h15-16,18H,2-14H2,1H3. The van der Waals surface area contributed by atoms with Gasteiger partial charge in [-0.2, -0.15) is 0 Å². The lowest BCUT2D eigenvalue weighted by Crippen LogP contribution is -2.44. The van der Waals surface area contributed by atoms with Crippen molar-refractivity contribution in [2.24, 2.45) is 11.3 Å². The minimum Gasteiger partial charge on any atom is -0.314 e. The highest BCUT2D eigenvalue weighted by Gasteiger charge is 2.38. The number of rotatable bonds is 4. The van der Waals surface area contributed by atoms with Crippen LogP contribution in [0.2, 0.25) is 0 Å².